The lowest BCUT2D eigenvalue weighted by Crippen LogP contribution is -2.39. The van der Waals surface area contributed by atoms with Gasteiger partial charge in [0.2, 0.25) is 5.91 Å². The van der Waals surface area contributed by atoms with Crippen molar-refractivity contribution in [2.75, 3.05) is 5.32 Å². The molecule has 1 atom stereocenters. The first-order chi connectivity index (χ1) is 13.3. The number of rotatable bonds is 8. The first-order valence-corrected chi connectivity index (χ1v) is 9.24. The third-order valence-electron chi connectivity index (χ3n) is 4.58. The van der Waals surface area contributed by atoms with E-state index in [1.54, 1.807) is 36.4 Å². The number of carbonyl (C=O) groups excluding carboxylic acids is 1. The van der Waals surface area contributed by atoms with Crippen molar-refractivity contribution in [1.29, 1.82) is 0 Å². The normalized spacial score (nSPS) is 11.4. The summed E-state index contributed by atoms with van der Waals surface area (Å²) in [6.07, 6.45) is 4.52. The maximum absolute atomic E-state index is 12.4. The predicted octanol–water partition coefficient (Wildman–Crippen LogP) is 4.57. The molecule has 0 aromatic heterocycles. The summed E-state index contributed by atoms with van der Waals surface area (Å²) in [4.78, 5) is 12.4. The Bertz CT molecular complexity index is 894. The molecule has 0 heterocycles. The fourth-order valence-corrected chi connectivity index (χ4v) is 2.88. The Hall–Kier alpha value is -2.76. The average molecular weight is 417 g/mol. The number of anilines is 1. The molecule has 0 aliphatic heterocycles. The molecule has 0 aliphatic rings. The van der Waals surface area contributed by atoms with Gasteiger partial charge in [0.05, 0.1) is 11.7 Å². The van der Waals surface area contributed by atoms with E-state index in [1.807, 2.05) is 19.9 Å². The van der Waals surface area contributed by atoms with Crippen molar-refractivity contribution in [3.63, 3.8) is 0 Å². The van der Waals surface area contributed by atoms with E-state index in [-0.39, 0.29) is 35.7 Å². The molecule has 29 heavy (non-hydrogen) atoms. The van der Waals surface area contributed by atoms with Crippen LogP contribution >= 0.6 is 12.4 Å². The van der Waals surface area contributed by atoms with Crippen LogP contribution < -0.4 is 11.1 Å². The van der Waals surface area contributed by atoms with Crippen molar-refractivity contribution in [1.82, 2.24) is 0 Å². The zero-order valence-corrected chi connectivity index (χ0v) is 17.6. The average Bonchev–Trinajstić information content (AvgIpc) is 2.65. The molecule has 0 aliphatic carbocycles. The monoisotopic (exact) mass is 416 g/mol. The Labute approximate surface area is 178 Å². The molecule has 0 unspecified atom stereocenters. The largest absolute Gasteiger partial charge is 0.508 e. The zero-order valence-electron chi connectivity index (χ0n) is 16.8. The van der Waals surface area contributed by atoms with Crippen molar-refractivity contribution in [3.8, 4) is 22.6 Å². The highest BCUT2D eigenvalue weighted by Crippen LogP contribution is 2.39. The zero-order chi connectivity index (χ0) is 20.8. The predicted molar refractivity (Wildman–Crippen MR) is 122 cm³/mol. The number of halogens is 1. The van der Waals surface area contributed by atoms with Crippen molar-refractivity contribution in [3.05, 3.63) is 66.8 Å². The lowest BCUT2D eigenvalue weighted by atomic mass is 9.96. The van der Waals surface area contributed by atoms with Crippen molar-refractivity contribution in [2.45, 2.75) is 32.7 Å². The van der Waals surface area contributed by atoms with Gasteiger partial charge in [0.15, 0.2) is 0 Å². The number of hydrogen-bond acceptors (Lipinski definition) is 4. The van der Waals surface area contributed by atoms with Crippen molar-refractivity contribution < 1.29 is 15.0 Å². The molecule has 6 heteroatoms. The van der Waals surface area contributed by atoms with E-state index in [2.05, 4.69) is 18.5 Å². The topological polar surface area (TPSA) is 95.6 Å². The van der Waals surface area contributed by atoms with Gasteiger partial charge in [-0.25, -0.2) is 0 Å². The Morgan fingerprint density at radius 3 is 2.38 bits per heavy atom. The number of nitrogens with one attached hydrogen (secondary N) is 1. The maximum atomic E-state index is 12.4. The van der Waals surface area contributed by atoms with Crippen LogP contribution in [0.5, 0.6) is 11.5 Å². The minimum atomic E-state index is -0.682. The van der Waals surface area contributed by atoms with Gasteiger partial charge in [-0.1, -0.05) is 32.1 Å². The van der Waals surface area contributed by atoms with Crippen LogP contribution in [0.2, 0.25) is 0 Å². The Morgan fingerprint density at radius 1 is 1.14 bits per heavy atom. The molecule has 2 aromatic rings. The summed E-state index contributed by atoms with van der Waals surface area (Å²) in [5.41, 5.74) is 9.09. The van der Waals surface area contributed by atoms with Gasteiger partial charge in [0, 0.05) is 5.56 Å². The number of amides is 1. The second-order valence-corrected chi connectivity index (χ2v) is 7.13. The van der Waals surface area contributed by atoms with Gasteiger partial charge in [0.1, 0.15) is 11.5 Å². The van der Waals surface area contributed by atoms with E-state index in [1.165, 1.54) is 0 Å². The van der Waals surface area contributed by atoms with Gasteiger partial charge >= 0.3 is 0 Å². The van der Waals surface area contributed by atoms with Crippen LogP contribution in [0.3, 0.4) is 0 Å². The molecule has 0 bridgehead atoms. The van der Waals surface area contributed by atoms with Crippen LogP contribution in [0.4, 0.5) is 5.69 Å². The Balaban J connectivity index is 0.00000420. The minimum absolute atomic E-state index is 0. The fourth-order valence-electron chi connectivity index (χ4n) is 2.88. The molecule has 0 spiro atoms. The third-order valence-corrected chi connectivity index (χ3v) is 4.58. The highest BCUT2D eigenvalue weighted by Gasteiger charge is 2.20. The standard InChI is InChI=1S/C23H28N2O3.ClH/c1-5-7-15-11-18(16-9-10-20(26)17(13-16)8-6-2)22(27)19(12-15)25-23(28)21(24)14(3)4;/h5-6,9-14,21,26-27H,1-2,7-8,24H2,3-4H3,(H,25,28);1H/t21-;/m0./s1. The summed E-state index contributed by atoms with van der Waals surface area (Å²) in [7, 11) is 0. The quantitative estimate of drug-likeness (QED) is 0.374. The Morgan fingerprint density at radius 2 is 1.79 bits per heavy atom. The molecule has 0 fully saturated rings. The first-order valence-electron chi connectivity index (χ1n) is 9.24. The van der Waals surface area contributed by atoms with Crippen LogP contribution in [0.15, 0.2) is 55.6 Å². The number of hydrogen-bond donors (Lipinski definition) is 4. The SMILES string of the molecule is C=CCc1cc(NC(=O)[C@@H](N)C(C)C)c(O)c(-c2ccc(O)c(CC=C)c2)c1.Cl. The summed E-state index contributed by atoms with van der Waals surface area (Å²) < 4.78 is 0. The van der Waals surface area contributed by atoms with E-state index < -0.39 is 6.04 Å². The number of aromatic hydroxyl groups is 2. The molecule has 2 rings (SSSR count). The fraction of sp³-hybridized carbons (Fsp3) is 0.261. The van der Waals surface area contributed by atoms with Crippen LogP contribution in [0, 0.1) is 5.92 Å². The number of phenolic OH excluding ortho intramolecular Hbond substituents is 2. The molecule has 2 aromatic carbocycles. The highest BCUT2D eigenvalue weighted by atomic mass is 35.5. The van der Waals surface area contributed by atoms with E-state index >= 15 is 0 Å². The van der Waals surface area contributed by atoms with Crippen LogP contribution in [0.1, 0.15) is 25.0 Å². The molecule has 156 valence electrons. The van der Waals surface area contributed by atoms with Gasteiger partial charge in [-0.3, -0.25) is 4.79 Å². The number of nitrogens with two attached hydrogens (primary N) is 1. The van der Waals surface area contributed by atoms with Crippen molar-refractivity contribution >= 4 is 24.0 Å². The molecular weight excluding hydrogens is 388 g/mol. The second-order valence-electron chi connectivity index (χ2n) is 7.13. The summed E-state index contributed by atoms with van der Waals surface area (Å²) in [5, 5.41) is 23.6. The van der Waals surface area contributed by atoms with Gasteiger partial charge in [-0.05, 0) is 59.7 Å². The molecule has 0 saturated carbocycles. The number of carbonyl (C=O) groups is 1. The lowest BCUT2D eigenvalue weighted by molar-refractivity contribution is -0.118. The van der Waals surface area contributed by atoms with E-state index in [0.717, 1.165) is 11.1 Å². The second kappa shape index (κ2) is 10.7. The number of benzene rings is 2. The summed E-state index contributed by atoms with van der Waals surface area (Å²) in [6.45, 7) is 11.2. The highest BCUT2D eigenvalue weighted by molar-refractivity contribution is 5.97. The molecule has 5 nitrogen and oxygen atoms in total. The molecular formula is C23H29ClN2O3. The molecule has 0 saturated heterocycles. The smallest absolute Gasteiger partial charge is 0.241 e. The number of phenols is 2. The lowest BCUT2D eigenvalue weighted by Gasteiger charge is -2.18. The summed E-state index contributed by atoms with van der Waals surface area (Å²) >= 11 is 0. The van der Waals surface area contributed by atoms with E-state index in [0.29, 0.717) is 29.7 Å². The van der Waals surface area contributed by atoms with Crippen LogP contribution in [0.25, 0.3) is 11.1 Å². The first kappa shape index (κ1) is 24.3. The number of allylic oxidation sites excluding steroid dienone is 2. The summed E-state index contributed by atoms with van der Waals surface area (Å²) in [5.74, 6) is -0.268. The van der Waals surface area contributed by atoms with Gasteiger partial charge in [-0.2, -0.15) is 0 Å². The van der Waals surface area contributed by atoms with Crippen LogP contribution in [-0.2, 0) is 17.6 Å². The van der Waals surface area contributed by atoms with Crippen LogP contribution in [-0.4, -0.2) is 22.2 Å². The molecule has 5 N–H and O–H groups in total. The third kappa shape index (κ3) is 5.86. The molecule has 1 amide bonds. The minimum Gasteiger partial charge on any atom is -0.508 e. The maximum Gasteiger partial charge on any atom is 0.241 e. The Kier molecular flexibility index (Phi) is 8.95. The van der Waals surface area contributed by atoms with Gasteiger partial charge in [0.25, 0.3) is 0 Å². The van der Waals surface area contributed by atoms with Gasteiger partial charge in [-0.15, -0.1) is 25.6 Å². The summed E-state index contributed by atoms with van der Waals surface area (Å²) in [6, 6.07) is 7.99. The van der Waals surface area contributed by atoms with Crippen molar-refractivity contribution in [2.24, 2.45) is 11.7 Å². The van der Waals surface area contributed by atoms with E-state index in [4.69, 9.17) is 5.73 Å². The molecule has 0 radical (unpaired) electrons. The van der Waals surface area contributed by atoms with Gasteiger partial charge < -0.3 is 21.3 Å². The van der Waals surface area contributed by atoms with E-state index in [9.17, 15) is 15.0 Å².